The minimum atomic E-state index is -5.08. The third kappa shape index (κ3) is 6.97. The highest BCUT2D eigenvalue weighted by molar-refractivity contribution is 7.91. The number of carbonyl (C=O) groups excluding carboxylic acids is 1. The van der Waals surface area contributed by atoms with E-state index in [0.717, 1.165) is 21.6 Å². The molecule has 1 aliphatic rings. The second kappa shape index (κ2) is 11.0. The molecule has 0 radical (unpaired) electrons. The molecule has 1 saturated heterocycles. The number of hydrogen-bond acceptors (Lipinski definition) is 6. The van der Waals surface area contributed by atoms with Crippen LogP contribution in [0, 0.1) is 5.41 Å². The Morgan fingerprint density at radius 2 is 1.89 bits per heavy atom. The van der Waals surface area contributed by atoms with Gasteiger partial charge in [0.15, 0.2) is 0 Å². The van der Waals surface area contributed by atoms with Crippen molar-refractivity contribution in [3.05, 3.63) is 64.7 Å². The van der Waals surface area contributed by atoms with Crippen LogP contribution in [0.15, 0.2) is 52.7 Å². The average Bonchev–Trinajstić information content (AvgIpc) is 3.40. The predicted octanol–water partition coefficient (Wildman–Crippen LogP) is 3.55. The number of aliphatic carboxylic acids is 1. The van der Waals surface area contributed by atoms with Gasteiger partial charge in [-0.15, -0.1) is 11.3 Å². The fourth-order valence-corrected chi connectivity index (χ4v) is 6.38. The van der Waals surface area contributed by atoms with Crippen LogP contribution < -0.4 is 10.5 Å². The second-order valence-electron chi connectivity index (χ2n) is 7.86. The summed E-state index contributed by atoms with van der Waals surface area (Å²) >= 11 is 7.27. The zero-order chi connectivity index (χ0) is 27.5. The van der Waals surface area contributed by atoms with Crippen molar-refractivity contribution in [1.82, 2.24) is 9.62 Å². The van der Waals surface area contributed by atoms with Crippen LogP contribution in [0.2, 0.25) is 5.02 Å². The number of carboxylic acid groups (broad SMARTS) is 1. The Balaban J connectivity index is 0.000000479. The zero-order valence-electron chi connectivity index (χ0n) is 18.8. The molecular formula is C22H20ClF3N4O5S2. The molecule has 1 amide bonds. The number of carboxylic acids is 1. The number of benzene rings is 2. The van der Waals surface area contributed by atoms with Gasteiger partial charge >= 0.3 is 12.1 Å². The number of nitrogens with one attached hydrogen (secondary N) is 2. The molecule has 198 valence electrons. The van der Waals surface area contributed by atoms with Gasteiger partial charge in [-0.05, 0) is 36.2 Å². The highest BCUT2D eigenvalue weighted by Gasteiger charge is 2.38. The minimum Gasteiger partial charge on any atom is -0.475 e. The van der Waals surface area contributed by atoms with Gasteiger partial charge < -0.3 is 15.7 Å². The van der Waals surface area contributed by atoms with Gasteiger partial charge in [-0.25, -0.2) is 13.2 Å². The Labute approximate surface area is 218 Å². The number of carbonyl (C=O) groups is 2. The van der Waals surface area contributed by atoms with Crippen LogP contribution >= 0.6 is 22.9 Å². The number of amidine groups is 1. The van der Waals surface area contributed by atoms with Crippen molar-refractivity contribution in [3.8, 4) is 0 Å². The van der Waals surface area contributed by atoms with Crippen molar-refractivity contribution in [2.75, 3.05) is 6.54 Å². The Morgan fingerprint density at radius 1 is 1.24 bits per heavy atom. The first-order valence-corrected chi connectivity index (χ1v) is 13.1. The maximum atomic E-state index is 12.8. The van der Waals surface area contributed by atoms with Crippen LogP contribution in [0.5, 0.6) is 0 Å². The fraction of sp³-hybridized carbons (Fsp3) is 0.227. The van der Waals surface area contributed by atoms with Gasteiger partial charge in [-0.1, -0.05) is 35.9 Å². The number of rotatable bonds is 6. The molecule has 2 aromatic carbocycles. The van der Waals surface area contributed by atoms with Crippen LogP contribution in [0.25, 0.3) is 10.1 Å². The van der Waals surface area contributed by atoms with E-state index in [0.29, 0.717) is 35.5 Å². The second-order valence-corrected chi connectivity index (χ2v) is 11.3. The predicted molar refractivity (Wildman–Crippen MR) is 132 cm³/mol. The van der Waals surface area contributed by atoms with Crippen LogP contribution in [0.1, 0.15) is 17.5 Å². The van der Waals surface area contributed by atoms with Crippen molar-refractivity contribution in [1.29, 1.82) is 5.41 Å². The monoisotopic (exact) mass is 576 g/mol. The van der Waals surface area contributed by atoms with E-state index in [-0.39, 0.29) is 16.0 Å². The number of sulfonamides is 1. The van der Waals surface area contributed by atoms with Gasteiger partial charge in [-0.3, -0.25) is 10.2 Å². The molecular weight excluding hydrogens is 557 g/mol. The van der Waals surface area contributed by atoms with E-state index >= 15 is 0 Å². The molecule has 1 fully saturated rings. The Bertz CT molecular complexity index is 1460. The Hall–Kier alpha value is -3.20. The summed E-state index contributed by atoms with van der Waals surface area (Å²) in [6, 6.07) is 13.1. The third-order valence-corrected chi connectivity index (χ3v) is 8.57. The number of halogens is 4. The Morgan fingerprint density at radius 3 is 2.49 bits per heavy atom. The largest absolute Gasteiger partial charge is 0.490 e. The molecule has 0 bridgehead atoms. The number of alkyl halides is 3. The molecule has 0 aliphatic carbocycles. The number of nitrogens with two attached hydrogens (primary N) is 1. The number of nitrogen functional groups attached to an aromatic ring is 1. The Kier molecular flexibility index (Phi) is 8.47. The molecule has 2 heterocycles. The average molecular weight is 577 g/mol. The van der Waals surface area contributed by atoms with Crippen LogP contribution in [-0.4, -0.2) is 54.9 Å². The normalized spacial score (nSPS) is 15.9. The molecule has 0 saturated carbocycles. The van der Waals surface area contributed by atoms with Gasteiger partial charge in [0.2, 0.25) is 5.91 Å². The van der Waals surface area contributed by atoms with E-state index in [4.69, 9.17) is 32.6 Å². The van der Waals surface area contributed by atoms with Gasteiger partial charge in [0, 0.05) is 33.8 Å². The first-order chi connectivity index (χ1) is 17.2. The first kappa shape index (κ1) is 28.4. The van der Waals surface area contributed by atoms with Crippen molar-refractivity contribution in [2.45, 2.75) is 29.4 Å². The lowest BCUT2D eigenvalue weighted by atomic mass is 10.1. The number of nitrogens with zero attached hydrogens (tertiary/aromatic N) is 1. The van der Waals surface area contributed by atoms with E-state index in [9.17, 15) is 26.4 Å². The lowest BCUT2D eigenvalue weighted by molar-refractivity contribution is -0.192. The third-order valence-electron chi connectivity index (χ3n) is 5.20. The molecule has 1 atom stereocenters. The molecule has 1 aliphatic heterocycles. The highest BCUT2D eigenvalue weighted by Crippen LogP contribution is 2.33. The maximum absolute atomic E-state index is 12.8. The maximum Gasteiger partial charge on any atom is 0.490 e. The molecule has 9 nitrogen and oxygen atoms in total. The molecule has 1 aromatic heterocycles. The van der Waals surface area contributed by atoms with Crippen molar-refractivity contribution in [3.63, 3.8) is 0 Å². The van der Waals surface area contributed by atoms with Gasteiger partial charge in [-0.2, -0.15) is 17.9 Å². The number of amides is 1. The summed E-state index contributed by atoms with van der Waals surface area (Å²) in [6.07, 6.45) is -4.70. The molecule has 15 heteroatoms. The van der Waals surface area contributed by atoms with Gasteiger partial charge in [0.1, 0.15) is 16.1 Å². The first-order valence-electron chi connectivity index (χ1n) is 10.4. The number of thiophene rings is 1. The quantitative estimate of drug-likeness (QED) is 0.260. The van der Waals surface area contributed by atoms with Crippen LogP contribution in [-0.2, 0) is 26.2 Å². The lowest BCUT2D eigenvalue weighted by Crippen LogP contribution is -2.41. The smallest absolute Gasteiger partial charge is 0.475 e. The van der Waals surface area contributed by atoms with E-state index in [1.54, 1.807) is 35.2 Å². The zero-order valence-corrected chi connectivity index (χ0v) is 21.1. The van der Waals surface area contributed by atoms with Gasteiger partial charge in [0.05, 0.1) is 0 Å². The molecule has 3 aromatic rings. The summed E-state index contributed by atoms with van der Waals surface area (Å²) in [5, 5.41) is 15.8. The number of hydrogen-bond donors (Lipinski definition) is 4. The number of fused-ring (bicyclic) bond motifs is 1. The van der Waals surface area contributed by atoms with E-state index in [2.05, 4.69) is 4.72 Å². The fourth-order valence-electron chi connectivity index (χ4n) is 3.44. The topological polar surface area (TPSA) is 154 Å². The molecule has 4 rings (SSSR count). The van der Waals surface area contributed by atoms with E-state index in [1.165, 1.54) is 6.07 Å². The number of likely N-dealkylation sites (tertiary alicyclic amines) is 1. The van der Waals surface area contributed by atoms with E-state index in [1.807, 2.05) is 12.1 Å². The highest BCUT2D eigenvalue weighted by atomic mass is 35.5. The summed E-state index contributed by atoms with van der Waals surface area (Å²) in [7, 11) is -3.85. The van der Waals surface area contributed by atoms with Crippen molar-refractivity contribution in [2.24, 2.45) is 5.73 Å². The van der Waals surface area contributed by atoms with Crippen LogP contribution in [0.3, 0.4) is 0 Å². The molecule has 0 spiro atoms. The molecule has 0 unspecified atom stereocenters. The van der Waals surface area contributed by atoms with Gasteiger partial charge in [0.25, 0.3) is 10.0 Å². The summed E-state index contributed by atoms with van der Waals surface area (Å²) in [6.45, 7) is 0.769. The molecule has 37 heavy (non-hydrogen) atoms. The summed E-state index contributed by atoms with van der Waals surface area (Å²) in [4.78, 5) is 23.3. The SMILES string of the molecule is N=C(N)c1cccc(CN2CC[C@H](NS(=O)(=O)c3cc4c(Cl)cccc4s3)C2=O)c1.O=C(O)C(F)(F)F. The minimum absolute atomic E-state index is 0.0429. The van der Waals surface area contributed by atoms with Crippen molar-refractivity contribution >= 4 is 60.8 Å². The lowest BCUT2D eigenvalue weighted by Gasteiger charge is -2.17. The van der Waals surface area contributed by atoms with E-state index < -0.39 is 28.2 Å². The summed E-state index contributed by atoms with van der Waals surface area (Å²) in [5.41, 5.74) is 6.94. The summed E-state index contributed by atoms with van der Waals surface area (Å²) in [5.74, 6) is -3.07. The summed E-state index contributed by atoms with van der Waals surface area (Å²) < 4.78 is 60.9. The molecule has 5 N–H and O–H groups in total. The van der Waals surface area contributed by atoms with Crippen LogP contribution in [0.4, 0.5) is 13.2 Å². The van der Waals surface area contributed by atoms with Crippen molar-refractivity contribution < 1.29 is 36.3 Å². The standard InChI is InChI=1S/C20H19ClN4O3S2.C2HF3O2/c21-15-5-2-6-17-14(15)10-18(29-17)30(27,28)24-16-7-8-25(20(16)26)11-12-3-1-4-13(9-12)19(22)23;3-2(4,5)1(6)7/h1-6,9-10,16,24H,7-8,11H2,(H3,22,23);(H,6,7)/t16-;/m0./s1.